The van der Waals surface area contributed by atoms with E-state index in [2.05, 4.69) is 15.9 Å². The molecular formula is C6H7BrN2O3. The lowest BCUT2D eigenvalue weighted by Gasteiger charge is -1.93. The third kappa shape index (κ3) is 1.08. The Labute approximate surface area is 76.4 Å². The second kappa shape index (κ2) is 2.78. The predicted molar refractivity (Wildman–Crippen MR) is 45.3 cm³/mol. The summed E-state index contributed by atoms with van der Waals surface area (Å²) in [6.45, 7) is 0. The first kappa shape index (κ1) is 9.05. The van der Waals surface area contributed by atoms with Crippen molar-refractivity contribution in [1.82, 2.24) is 9.13 Å². The van der Waals surface area contributed by atoms with E-state index in [1.165, 1.54) is 18.7 Å². The van der Waals surface area contributed by atoms with E-state index in [1.807, 2.05) is 0 Å². The predicted octanol–water partition coefficient (Wildman–Crippen LogP) is 0.184. The zero-order valence-electron chi connectivity index (χ0n) is 6.54. The summed E-state index contributed by atoms with van der Waals surface area (Å²) in [6.07, 6.45) is 0. The van der Waals surface area contributed by atoms with Crippen molar-refractivity contribution in [2.24, 2.45) is 14.1 Å². The summed E-state index contributed by atoms with van der Waals surface area (Å²) in [6, 6.07) is 0. The molecule has 5 nitrogen and oxygen atoms in total. The van der Waals surface area contributed by atoms with Gasteiger partial charge in [-0.3, -0.25) is 9.13 Å². The van der Waals surface area contributed by atoms with E-state index in [1.54, 1.807) is 0 Å². The van der Waals surface area contributed by atoms with Crippen LogP contribution in [0.1, 0.15) is 10.5 Å². The summed E-state index contributed by atoms with van der Waals surface area (Å²) in [7, 11) is 2.91. The highest BCUT2D eigenvalue weighted by atomic mass is 79.9. The van der Waals surface area contributed by atoms with Gasteiger partial charge in [0.2, 0.25) is 0 Å². The van der Waals surface area contributed by atoms with Crippen molar-refractivity contribution in [3.63, 3.8) is 0 Å². The number of aromatic carboxylic acids is 1. The summed E-state index contributed by atoms with van der Waals surface area (Å²) in [5.41, 5.74) is -0.401. The van der Waals surface area contributed by atoms with Gasteiger partial charge >= 0.3 is 11.7 Å². The fourth-order valence-corrected chi connectivity index (χ4v) is 1.52. The standard InChI is InChI=1S/C6H7BrN2O3/c1-8-3(5(10)11)4(7)9(2)6(8)12/h1-2H3,(H,10,11). The molecule has 0 saturated carbocycles. The molecule has 1 aromatic heterocycles. The number of carboxylic acids is 1. The number of hydrogen-bond donors (Lipinski definition) is 1. The average molecular weight is 235 g/mol. The van der Waals surface area contributed by atoms with Crippen molar-refractivity contribution in [3.8, 4) is 0 Å². The molecular weight excluding hydrogens is 228 g/mol. The van der Waals surface area contributed by atoms with Crippen LogP contribution < -0.4 is 5.69 Å². The van der Waals surface area contributed by atoms with Gasteiger partial charge in [-0.1, -0.05) is 0 Å². The van der Waals surface area contributed by atoms with Gasteiger partial charge in [0.15, 0.2) is 5.69 Å². The molecule has 0 saturated heterocycles. The summed E-state index contributed by atoms with van der Waals surface area (Å²) in [4.78, 5) is 21.8. The van der Waals surface area contributed by atoms with Crippen LogP contribution in [0, 0.1) is 0 Å². The maximum atomic E-state index is 11.1. The van der Waals surface area contributed by atoms with Crippen molar-refractivity contribution >= 4 is 21.9 Å². The van der Waals surface area contributed by atoms with Gasteiger partial charge in [0.25, 0.3) is 0 Å². The van der Waals surface area contributed by atoms with E-state index in [-0.39, 0.29) is 16.0 Å². The van der Waals surface area contributed by atoms with Crippen molar-refractivity contribution in [3.05, 3.63) is 20.8 Å². The molecule has 0 aromatic carbocycles. The lowest BCUT2D eigenvalue weighted by Crippen LogP contribution is -2.21. The molecule has 0 radical (unpaired) electrons. The van der Waals surface area contributed by atoms with E-state index in [4.69, 9.17) is 5.11 Å². The first-order valence-electron chi connectivity index (χ1n) is 3.11. The summed E-state index contributed by atoms with van der Waals surface area (Å²) in [5.74, 6) is -1.12. The smallest absolute Gasteiger partial charge is 0.355 e. The van der Waals surface area contributed by atoms with Gasteiger partial charge in [-0.15, -0.1) is 0 Å². The molecule has 1 aromatic rings. The van der Waals surface area contributed by atoms with E-state index in [9.17, 15) is 9.59 Å². The molecule has 0 bridgehead atoms. The SMILES string of the molecule is Cn1c(Br)c(C(=O)O)n(C)c1=O. The molecule has 0 aliphatic heterocycles. The third-order valence-corrected chi connectivity index (χ3v) is 2.51. The van der Waals surface area contributed by atoms with E-state index < -0.39 is 5.97 Å². The molecule has 1 heterocycles. The molecule has 0 spiro atoms. The molecule has 0 aliphatic rings. The molecule has 0 unspecified atom stereocenters. The average Bonchev–Trinajstić information content (AvgIpc) is 2.16. The molecule has 12 heavy (non-hydrogen) atoms. The molecule has 0 amide bonds. The minimum atomic E-state index is -1.12. The van der Waals surface area contributed by atoms with Gasteiger partial charge < -0.3 is 5.11 Å². The fraction of sp³-hybridized carbons (Fsp3) is 0.333. The normalized spacial score (nSPS) is 10.2. The van der Waals surface area contributed by atoms with Crippen molar-refractivity contribution in [2.75, 3.05) is 0 Å². The Balaban J connectivity index is 3.60. The maximum Gasteiger partial charge on any atom is 0.355 e. The fourth-order valence-electron chi connectivity index (χ4n) is 0.934. The number of hydrogen-bond acceptors (Lipinski definition) is 2. The van der Waals surface area contributed by atoms with Crippen LogP contribution in [0.3, 0.4) is 0 Å². The Hall–Kier alpha value is -1.04. The van der Waals surface area contributed by atoms with Gasteiger partial charge in [-0.25, -0.2) is 9.59 Å². The number of nitrogens with zero attached hydrogens (tertiary/aromatic N) is 2. The highest BCUT2D eigenvalue weighted by Gasteiger charge is 2.18. The van der Waals surface area contributed by atoms with Crippen LogP contribution in [-0.4, -0.2) is 20.2 Å². The Morgan fingerprint density at radius 1 is 1.42 bits per heavy atom. The van der Waals surface area contributed by atoms with Crippen LogP contribution in [0.25, 0.3) is 0 Å². The molecule has 1 rings (SSSR count). The van der Waals surface area contributed by atoms with Crippen LogP contribution in [0.15, 0.2) is 9.40 Å². The van der Waals surface area contributed by atoms with E-state index in [0.717, 1.165) is 4.57 Å². The van der Waals surface area contributed by atoms with Crippen LogP contribution in [0.2, 0.25) is 0 Å². The van der Waals surface area contributed by atoms with Crippen molar-refractivity contribution < 1.29 is 9.90 Å². The lowest BCUT2D eigenvalue weighted by atomic mass is 10.5. The summed E-state index contributed by atoms with van der Waals surface area (Å²) in [5, 5.41) is 8.68. The molecule has 0 atom stereocenters. The zero-order valence-corrected chi connectivity index (χ0v) is 8.12. The van der Waals surface area contributed by atoms with Gasteiger partial charge in [0.1, 0.15) is 4.60 Å². The minimum absolute atomic E-state index is 0.0394. The second-order valence-electron chi connectivity index (χ2n) is 2.35. The Bertz CT molecular complexity index is 390. The Morgan fingerprint density at radius 3 is 2.08 bits per heavy atom. The Kier molecular flexibility index (Phi) is 2.10. The lowest BCUT2D eigenvalue weighted by molar-refractivity contribution is 0.0685. The van der Waals surface area contributed by atoms with E-state index in [0.29, 0.717) is 0 Å². The van der Waals surface area contributed by atoms with Crippen molar-refractivity contribution in [1.29, 1.82) is 0 Å². The third-order valence-electron chi connectivity index (χ3n) is 1.60. The van der Waals surface area contributed by atoms with Gasteiger partial charge in [-0.05, 0) is 15.9 Å². The van der Waals surface area contributed by atoms with Crippen molar-refractivity contribution in [2.45, 2.75) is 0 Å². The highest BCUT2D eigenvalue weighted by Crippen LogP contribution is 2.12. The number of imidazole rings is 1. The van der Waals surface area contributed by atoms with Gasteiger partial charge in [-0.2, -0.15) is 0 Å². The first-order valence-corrected chi connectivity index (χ1v) is 3.90. The van der Waals surface area contributed by atoms with E-state index >= 15 is 0 Å². The van der Waals surface area contributed by atoms with Crippen LogP contribution in [0.4, 0.5) is 0 Å². The second-order valence-corrected chi connectivity index (χ2v) is 3.10. The molecule has 6 heteroatoms. The quantitative estimate of drug-likeness (QED) is 0.755. The number of aromatic nitrogens is 2. The zero-order chi connectivity index (χ0) is 9.46. The monoisotopic (exact) mass is 234 g/mol. The highest BCUT2D eigenvalue weighted by molar-refractivity contribution is 9.10. The molecule has 0 aliphatic carbocycles. The van der Waals surface area contributed by atoms with Crippen LogP contribution >= 0.6 is 15.9 Å². The maximum absolute atomic E-state index is 11.1. The van der Waals surface area contributed by atoms with Gasteiger partial charge in [0.05, 0.1) is 0 Å². The summed E-state index contributed by atoms with van der Waals surface area (Å²) >= 11 is 3.01. The number of halogens is 1. The van der Waals surface area contributed by atoms with Crippen LogP contribution in [0.5, 0.6) is 0 Å². The number of carboxylic acid groups (broad SMARTS) is 1. The topological polar surface area (TPSA) is 64.2 Å². The number of carbonyl (C=O) groups is 1. The van der Waals surface area contributed by atoms with Gasteiger partial charge in [0, 0.05) is 14.1 Å². The molecule has 0 fully saturated rings. The minimum Gasteiger partial charge on any atom is -0.476 e. The Morgan fingerprint density at radius 2 is 1.92 bits per heavy atom. The molecule has 1 N–H and O–H groups in total. The molecule has 66 valence electrons. The largest absolute Gasteiger partial charge is 0.476 e. The van der Waals surface area contributed by atoms with Crippen LogP contribution in [-0.2, 0) is 14.1 Å². The summed E-state index contributed by atoms with van der Waals surface area (Å²) < 4.78 is 2.58. The number of rotatable bonds is 1. The first-order chi connectivity index (χ1) is 5.46.